The molecular weight excluding hydrogens is 278 g/mol. The van der Waals surface area contributed by atoms with E-state index >= 15 is 0 Å². The number of thiazole rings is 1. The molecular formula is C13H13N3O3S. The van der Waals surface area contributed by atoms with Crippen molar-refractivity contribution in [3.8, 4) is 0 Å². The average molecular weight is 291 g/mol. The zero-order valence-electron chi connectivity index (χ0n) is 10.6. The average Bonchev–Trinajstić information content (AvgIpc) is 3.03. The number of aromatic nitrogens is 1. The molecule has 1 saturated heterocycles. The molecule has 2 aliphatic rings. The van der Waals surface area contributed by atoms with Crippen LogP contribution in [0.4, 0.5) is 5.13 Å². The van der Waals surface area contributed by atoms with Gasteiger partial charge in [-0.3, -0.25) is 19.3 Å². The molecule has 0 saturated carbocycles. The number of fused-ring (bicyclic) bond motifs is 1. The lowest BCUT2D eigenvalue weighted by atomic mass is 9.85. The van der Waals surface area contributed by atoms with Crippen molar-refractivity contribution in [1.29, 1.82) is 0 Å². The van der Waals surface area contributed by atoms with Crippen LogP contribution in [-0.4, -0.2) is 34.2 Å². The number of hydrogen-bond acceptors (Lipinski definition) is 5. The number of imide groups is 1. The number of nitrogens with zero attached hydrogens (tertiary/aromatic N) is 2. The van der Waals surface area contributed by atoms with Gasteiger partial charge in [0.05, 0.1) is 11.8 Å². The lowest BCUT2D eigenvalue weighted by Crippen LogP contribution is -2.38. The van der Waals surface area contributed by atoms with Crippen LogP contribution in [0.3, 0.4) is 0 Å². The predicted octanol–water partition coefficient (Wildman–Crippen LogP) is 1.03. The summed E-state index contributed by atoms with van der Waals surface area (Å²) in [5.74, 6) is -1.45. The van der Waals surface area contributed by atoms with Crippen molar-refractivity contribution in [1.82, 2.24) is 9.88 Å². The summed E-state index contributed by atoms with van der Waals surface area (Å²) in [5, 5.41) is 4.78. The van der Waals surface area contributed by atoms with Crippen LogP contribution < -0.4 is 5.32 Å². The van der Waals surface area contributed by atoms with Crippen molar-refractivity contribution < 1.29 is 14.4 Å². The first-order valence-corrected chi connectivity index (χ1v) is 7.24. The van der Waals surface area contributed by atoms with Gasteiger partial charge in [0.25, 0.3) is 0 Å². The van der Waals surface area contributed by atoms with Gasteiger partial charge in [0.15, 0.2) is 5.13 Å². The molecule has 1 fully saturated rings. The fraction of sp³-hybridized carbons (Fsp3) is 0.385. The van der Waals surface area contributed by atoms with Crippen molar-refractivity contribution >= 4 is 34.2 Å². The molecule has 2 heterocycles. The summed E-state index contributed by atoms with van der Waals surface area (Å²) in [6, 6.07) is 0. The molecule has 3 rings (SSSR count). The highest BCUT2D eigenvalue weighted by molar-refractivity contribution is 7.13. The summed E-state index contributed by atoms with van der Waals surface area (Å²) in [6.07, 6.45) is 6.59. The maximum absolute atomic E-state index is 12.2. The number of nitrogens with one attached hydrogen (secondary N) is 1. The summed E-state index contributed by atoms with van der Waals surface area (Å²) >= 11 is 1.29. The molecule has 2 atom stereocenters. The Kier molecular flexibility index (Phi) is 3.35. The quantitative estimate of drug-likeness (QED) is 0.666. The third-order valence-electron chi connectivity index (χ3n) is 3.58. The number of carbonyl (C=O) groups excluding carboxylic acids is 3. The maximum Gasteiger partial charge on any atom is 0.246 e. The summed E-state index contributed by atoms with van der Waals surface area (Å²) in [5.41, 5.74) is 0. The van der Waals surface area contributed by atoms with E-state index in [1.165, 1.54) is 11.3 Å². The highest BCUT2D eigenvalue weighted by Gasteiger charge is 2.47. The van der Waals surface area contributed by atoms with Crippen LogP contribution in [0.25, 0.3) is 0 Å². The molecule has 1 aromatic heterocycles. The molecule has 1 aromatic rings. The fourth-order valence-electron chi connectivity index (χ4n) is 2.61. The van der Waals surface area contributed by atoms with E-state index in [1.54, 1.807) is 11.6 Å². The predicted molar refractivity (Wildman–Crippen MR) is 72.8 cm³/mol. The van der Waals surface area contributed by atoms with Gasteiger partial charge in [-0.2, -0.15) is 0 Å². The largest absolute Gasteiger partial charge is 0.300 e. The zero-order chi connectivity index (χ0) is 14.1. The van der Waals surface area contributed by atoms with Gasteiger partial charge in [-0.25, -0.2) is 4.98 Å². The first-order chi connectivity index (χ1) is 9.66. The lowest BCUT2D eigenvalue weighted by Gasteiger charge is -2.14. The molecule has 0 unspecified atom stereocenters. The lowest BCUT2D eigenvalue weighted by molar-refractivity contribution is -0.142. The number of rotatable bonds is 3. The maximum atomic E-state index is 12.2. The second kappa shape index (κ2) is 5.16. The molecule has 7 heteroatoms. The molecule has 1 aliphatic carbocycles. The van der Waals surface area contributed by atoms with E-state index in [4.69, 9.17) is 0 Å². The molecule has 20 heavy (non-hydrogen) atoms. The van der Waals surface area contributed by atoms with Crippen molar-refractivity contribution in [3.63, 3.8) is 0 Å². The molecule has 0 aromatic carbocycles. The van der Waals surface area contributed by atoms with Crippen molar-refractivity contribution in [2.24, 2.45) is 11.8 Å². The standard InChI is InChI=1S/C13H13N3O3S/c17-10(15-13-14-5-6-20-13)7-16-11(18)8-3-1-2-4-9(8)12(16)19/h1-2,5-6,8-9H,3-4,7H2,(H,14,15,17)/t8-,9+. The van der Waals surface area contributed by atoms with E-state index in [0.29, 0.717) is 18.0 Å². The second-order valence-corrected chi connectivity index (χ2v) is 5.70. The van der Waals surface area contributed by atoms with E-state index in [1.807, 2.05) is 12.2 Å². The molecule has 6 nitrogen and oxygen atoms in total. The molecule has 1 aliphatic heterocycles. The Labute approximate surface area is 119 Å². The van der Waals surface area contributed by atoms with Gasteiger partial charge < -0.3 is 5.32 Å². The van der Waals surface area contributed by atoms with Crippen LogP contribution in [0.15, 0.2) is 23.7 Å². The highest BCUT2D eigenvalue weighted by atomic mass is 32.1. The molecule has 0 spiro atoms. The molecule has 0 radical (unpaired) electrons. The van der Waals surface area contributed by atoms with Gasteiger partial charge in [0, 0.05) is 11.6 Å². The third kappa shape index (κ3) is 2.24. The monoisotopic (exact) mass is 291 g/mol. The van der Waals surface area contributed by atoms with Crippen LogP contribution in [-0.2, 0) is 14.4 Å². The van der Waals surface area contributed by atoms with E-state index < -0.39 is 5.91 Å². The number of anilines is 1. The summed E-state index contributed by atoms with van der Waals surface area (Å²) in [6.45, 7) is -0.232. The van der Waals surface area contributed by atoms with Gasteiger partial charge >= 0.3 is 0 Å². The first-order valence-electron chi connectivity index (χ1n) is 6.36. The van der Waals surface area contributed by atoms with E-state index in [9.17, 15) is 14.4 Å². The van der Waals surface area contributed by atoms with Crippen LogP contribution in [0, 0.1) is 11.8 Å². The summed E-state index contributed by atoms with van der Waals surface area (Å²) < 4.78 is 0. The number of likely N-dealkylation sites (tertiary alicyclic amines) is 1. The van der Waals surface area contributed by atoms with Crippen LogP contribution in [0.1, 0.15) is 12.8 Å². The SMILES string of the molecule is O=C(CN1C(=O)[C@H]2CC=CC[C@H]2C1=O)Nc1nccs1. The Hall–Kier alpha value is -2.02. The third-order valence-corrected chi connectivity index (χ3v) is 4.27. The summed E-state index contributed by atoms with van der Waals surface area (Å²) in [7, 11) is 0. The van der Waals surface area contributed by atoms with Crippen molar-refractivity contribution in [2.45, 2.75) is 12.8 Å². The van der Waals surface area contributed by atoms with Crippen molar-refractivity contribution in [2.75, 3.05) is 11.9 Å². The normalized spacial score (nSPS) is 24.9. The second-order valence-electron chi connectivity index (χ2n) is 4.80. The Bertz CT molecular complexity index is 556. The highest BCUT2D eigenvalue weighted by Crippen LogP contribution is 2.34. The fourth-order valence-corrected chi connectivity index (χ4v) is 3.16. The topological polar surface area (TPSA) is 79.4 Å². The number of hydrogen-bond donors (Lipinski definition) is 1. The number of allylic oxidation sites excluding steroid dienone is 2. The van der Waals surface area contributed by atoms with E-state index in [-0.39, 0.29) is 30.2 Å². The Balaban J connectivity index is 1.67. The Morgan fingerprint density at radius 2 is 1.95 bits per heavy atom. The number of amides is 3. The molecule has 3 amide bonds. The van der Waals surface area contributed by atoms with Gasteiger partial charge in [-0.15, -0.1) is 11.3 Å². The Morgan fingerprint density at radius 3 is 2.50 bits per heavy atom. The van der Waals surface area contributed by atoms with Gasteiger partial charge in [-0.05, 0) is 12.8 Å². The van der Waals surface area contributed by atoms with Gasteiger partial charge in [-0.1, -0.05) is 12.2 Å². The zero-order valence-corrected chi connectivity index (χ0v) is 11.4. The Morgan fingerprint density at radius 1 is 1.30 bits per heavy atom. The minimum atomic E-state index is -0.395. The summed E-state index contributed by atoms with van der Waals surface area (Å²) in [4.78, 5) is 41.2. The smallest absolute Gasteiger partial charge is 0.246 e. The van der Waals surface area contributed by atoms with Crippen molar-refractivity contribution in [3.05, 3.63) is 23.7 Å². The molecule has 0 bridgehead atoms. The van der Waals surface area contributed by atoms with Gasteiger partial charge in [0.1, 0.15) is 6.54 Å². The minimum Gasteiger partial charge on any atom is -0.300 e. The van der Waals surface area contributed by atoms with Gasteiger partial charge in [0.2, 0.25) is 17.7 Å². The first kappa shape index (κ1) is 13.0. The molecule has 104 valence electrons. The minimum absolute atomic E-state index is 0.232. The number of carbonyl (C=O) groups is 3. The van der Waals surface area contributed by atoms with E-state index in [0.717, 1.165) is 4.90 Å². The van der Waals surface area contributed by atoms with Crippen LogP contribution >= 0.6 is 11.3 Å². The van der Waals surface area contributed by atoms with Crippen LogP contribution in [0.2, 0.25) is 0 Å². The van der Waals surface area contributed by atoms with Crippen LogP contribution in [0.5, 0.6) is 0 Å². The van der Waals surface area contributed by atoms with E-state index in [2.05, 4.69) is 10.3 Å². The molecule has 1 N–H and O–H groups in total.